The lowest BCUT2D eigenvalue weighted by Crippen LogP contribution is -2.75. The number of hydroxylamine groups is 4. The van der Waals surface area contributed by atoms with Crippen LogP contribution >= 0.6 is 0 Å². The van der Waals surface area contributed by atoms with Crippen molar-refractivity contribution in [3.05, 3.63) is 20.8 Å². The molecule has 0 aliphatic heterocycles. The Bertz CT molecular complexity index is 1240. The van der Waals surface area contributed by atoms with Gasteiger partial charge in [-0.1, -0.05) is 0 Å². The first kappa shape index (κ1) is 41.8. The van der Waals surface area contributed by atoms with Crippen molar-refractivity contribution in [3.8, 4) is 0 Å². The predicted molar refractivity (Wildman–Crippen MR) is 181 cm³/mol. The van der Waals surface area contributed by atoms with Crippen LogP contribution in [0.3, 0.4) is 0 Å². The lowest BCUT2D eigenvalue weighted by Gasteiger charge is -2.43. The molecule has 0 saturated carbocycles. The smallest absolute Gasteiger partial charge is 0.264 e. The molecule has 0 aliphatic rings. The Morgan fingerprint density at radius 2 is 0.500 bits per heavy atom. The summed E-state index contributed by atoms with van der Waals surface area (Å²) >= 11 is 0. The molecule has 0 aromatic heterocycles. The molecule has 0 radical (unpaired) electrons. The van der Waals surface area contributed by atoms with Gasteiger partial charge in [-0.25, -0.2) is 35.8 Å². The van der Waals surface area contributed by atoms with Crippen LogP contribution in [0.25, 0.3) is 0 Å². The van der Waals surface area contributed by atoms with Gasteiger partial charge in [-0.2, -0.15) is 0 Å². The van der Waals surface area contributed by atoms with Crippen molar-refractivity contribution in [1.82, 2.24) is 0 Å². The zero-order valence-corrected chi connectivity index (χ0v) is 31.8. The van der Waals surface area contributed by atoms with E-state index in [2.05, 4.69) is 0 Å². The fourth-order valence-electron chi connectivity index (χ4n) is 3.65. The van der Waals surface area contributed by atoms with Gasteiger partial charge in [0, 0.05) is 83.1 Å². The lowest BCUT2D eigenvalue weighted by atomic mass is 9.91. The van der Waals surface area contributed by atoms with Crippen molar-refractivity contribution in [2.45, 2.75) is 166 Å². The van der Waals surface area contributed by atoms with Crippen LogP contribution < -0.4 is 0 Å². The first-order valence-corrected chi connectivity index (χ1v) is 17.5. The summed E-state index contributed by atoms with van der Waals surface area (Å²) in [5.41, 5.74) is -5.38. The van der Waals surface area contributed by atoms with Gasteiger partial charge in [-0.05, 0) is 41.5 Å². The molecule has 0 atom stereocenters. The molecule has 0 heterocycles. The Labute approximate surface area is 266 Å². The van der Waals surface area contributed by atoms with E-state index in [0.29, 0.717) is 24.9 Å². The minimum absolute atomic E-state index is 0.260. The van der Waals surface area contributed by atoms with E-state index in [1.165, 1.54) is 125 Å². The van der Waals surface area contributed by atoms with Gasteiger partial charge >= 0.3 is 0 Å². The van der Waals surface area contributed by atoms with E-state index in [1.807, 2.05) is 0 Å². The number of hydrogen-bond donors (Lipinski definition) is 0. The molecular weight excluding hydrogens is 608 g/mol. The summed E-state index contributed by atoms with van der Waals surface area (Å²) in [6.45, 7) is 25.4. The van der Waals surface area contributed by atoms with E-state index < -0.39 is 60.8 Å². The van der Waals surface area contributed by atoms with E-state index >= 15 is 16.8 Å². The lowest BCUT2D eigenvalue weighted by molar-refractivity contribution is -0.541. The SMILES string of the molecule is CC(C)(C)/[N+]([O-])=C/C(/C=[N+](\[O-])C(C)(C)C)(C(/C=[N+](\[O-])C(C)(C)C)(/C=[N+](\[O-])C(C)(C)C)S(=O)(=O)C(C)(C)C)S(=O)(=O)C(C)(C)C. The molecule has 44 heavy (non-hydrogen) atoms. The maximum atomic E-state index is 15.1. The van der Waals surface area contributed by atoms with Gasteiger partial charge < -0.3 is 20.8 Å². The van der Waals surface area contributed by atoms with E-state index in [-0.39, 0.29) is 19.0 Å². The summed E-state index contributed by atoms with van der Waals surface area (Å²) in [4.78, 5) is 0. The minimum Gasteiger partial charge on any atom is -0.624 e. The Kier molecular flexibility index (Phi) is 11.3. The third kappa shape index (κ3) is 7.94. The van der Waals surface area contributed by atoms with Crippen molar-refractivity contribution in [1.29, 1.82) is 0 Å². The third-order valence-electron chi connectivity index (χ3n) is 6.99. The fraction of sp³-hybridized carbons (Fsp3) is 0.867. The molecule has 0 aromatic rings. The normalized spacial score (nSPS) is 18.3. The molecule has 258 valence electrons. The van der Waals surface area contributed by atoms with E-state index in [9.17, 15) is 20.8 Å². The van der Waals surface area contributed by atoms with Crippen LogP contribution in [-0.2, 0) is 19.7 Å². The second kappa shape index (κ2) is 11.9. The Morgan fingerprint density at radius 1 is 0.364 bits per heavy atom. The Hall–Kier alpha value is -2.22. The monoisotopic (exact) mass is 666 g/mol. The van der Waals surface area contributed by atoms with Crippen LogP contribution in [0.15, 0.2) is 0 Å². The van der Waals surface area contributed by atoms with E-state index in [4.69, 9.17) is 0 Å². The van der Waals surface area contributed by atoms with Crippen molar-refractivity contribution >= 4 is 44.5 Å². The van der Waals surface area contributed by atoms with E-state index in [0.717, 1.165) is 0 Å². The second-order valence-corrected chi connectivity index (χ2v) is 23.1. The van der Waals surface area contributed by atoms with Gasteiger partial charge in [0.25, 0.3) is 9.49 Å². The van der Waals surface area contributed by atoms with Crippen molar-refractivity contribution in [2.75, 3.05) is 0 Å². The van der Waals surface area contributed by atoms with E-state index in [1.54, 1.807) is 0 Å². The van der Waals surface area contributed by atoms with Gasteiger partial charge in [0.1, 0.15) is 0 Å². The standard InChI is InChI=1S/C30H58N4O8S2/c1-23(2,3)31(35)19-29(20-32(36)24(4,5)6,43(39,40)27(13,14)15)30(21-33(37)25(7,8)9,22-34(38)26(10,11)12)44(41,42)28(16,17)18/h19-22H,1-18H3/b31-19-,32-20-,33-21-,34-22-. The quantitative estimate of drug-likeness (QED) is 0.166. The van der Waals surface area contributed by atoms with Gasteiger partial charge in [0.05, 0.1) is 9.49 Å². The van der Waals surface area contributed by atoms with Gasteiger partial charge in [0.2, 0.25) is 0 Å². The van der Waals surface area contributed by atoms with Gasteiger partial charge in [0.15, 0.2) is 66.7 Å². The molecule has 0 rings (SSSR count). The molecule has 14 heteroatoms. The molecule has 0 bridgehead atoms. The number of nitrogens with zero attached hydrogens (tertiary/aromatic N) is 4. The largest absolute Gasteiger partial charge is 0.624 e. The predicted octanol–water partition coefficient (Wildman–Crippen LogP) is 4.41. The molecule has 0 N–H and O–H groups in total. The summed E-state index contributed by atoms with van der Waals surface area (Å²) in [7, 11) is -10.1. The average molecular weight is 667 g/mol. The molecule has 12 nitrogen and oxygen atoms in total. The first-order chi connectivity index (χ1) is 18.8. The molecular formula is C30H58N4O8S2. The molecule has 0 fully saturated rings. The zero-order valence-electron chi connectivity index (χ0n) is 30.2. The summed E-state index contributed by atoms with van der Waals surface area (Å²) in [6, 6.07) is 0. The highest BCUT2D eigenvalue weighted by molar-refractivity contribution is 8.00. The molecule has 0 aliphatic carbocycles. The summed E-state index contributed by atoms with van der Waals surface area (Å²) in [6.07, 6.45) is 2.53. The Morgan fingerprint density at radius 3 is 0.591 bits per heavy atom. The summed E-state index contributed by atoms with van der Waals surface area (Å²) in [5.74, 6) is 0. The van der Waals surface area contributed by atoms with Crippen LogP contribution in [0.5, 0.6) is 0 Å². The molecule has 0 aromatic carbocycles. The zero-order chi connectivity index (χ0) is 36.1. The first-order valence-electron chi connectivity index (χ1n) is 14.5. The number of hydrogen-bond acceptors (Lipinski definition) is 8. The van der Waals surface area contributed by atoms with Crippen molar-refractivity contribution in [2.24, 2.45) is 0 Å². The van der Waals surface area contributed by atoms with Gasteiger partial charge in [-0.3, -0.25) is 0 Å². The third-order valence-corrected chi connectivity index (χ3v) is 13.2. The highest BCUT2D eigenvalue weighted by atomic mass is 32.2. The van der Waals surface area contributed by atoms with Crippen LogP contribution in [0.4, 0.5) is 0 Å². The minimum atomic E-state index is -5.06. The second-order valence-electron chi connectivity index (χ2n) is 17.3. The topological polar surface area (TPSA) is 173 Å². The van der Waals surface area contributed by atoms with Crippen LogP contribution in [0.2, 0.25) is 0 Å². The molecule has 0 spiro atoms. The fourth-order valence-corrected chi connectivity index (χ4v) is 8.33. The maximum Gasteiger partial charge on any atom is 0.264 e. The maximum absolute atomic E-state index is 15.1. The van der Waals surface area contributed by atoms with Crippen LogP contribution in [0.1, 0.15) is 125 Å². The van der Waals surface area contributed by atoms with Crippen molar-refractivity contribution in [3.63, 3.8) is 0 Å². The number of rotatable bonds is 7. The summed E-state index contributed by atoms with van der Waals surface area (Å²) in [5, 5.41) is 55.7. The average Bonchev–Trinajstić information content (AvgIpc) is 2.73. The van der Waals surface area contributed by atoms with Crippen LogP contribution in [-0.4, -0.2) is 102 Å². The Balaban J connectivity index is 10.2. The number of sulfone groups is 2. The van der Waals surface area contributed by atoms with Crippen LogP contribution in [0, 0.1) is 20.8 Å². The highest BCUT2D eigenvalue weighted by Gasteiger charge is 2.77. The molecule has 0 unspecified atom stereocenters. The molecule has 0 amide bonds. The van der Waals surface area contributed by atoms with Crippen molar-refractivity contribution < 1.29 is 35.8 Å². The van der Waals surface area contributed by atoms with Gasteiger partial charge in [-0.15, -0.1) is 0 Å². The summed E-state index contributed by atoms with van der Waals surface area (Å²) < 4.78 is 51.7. The highest BCUT2D eigenvalue weighted by Crippen LogP contribution is 2.44. The molecule has 0 saturated heterocycles.